The highest BCUT2D eigenvalue weighted by atomic mass is 16.6. The number of nitrogens with one attached hydrogen (secondary N) is 2. The molecule has 0 saturated carbocycles. The minimum Gasteiger partial charge on any atom is -0.486 e. The molecule has 1 saturated heterocycles. The fourth-order valence-corrected chi connectivity index (χ4v) is 4.03. The monoisotopic (exact) mass is 367 g/mol. The van der Waals surface area contributed by atoms with Crippen LogP contribution < -0.4 is 19.7 Å². The summed E-state index contributed by atoms with van der Waals surface area (Å²) in [5.41, 5.74) is 4.52. The third kappa shape index (κ3) is 3.93. The van der Waals surface area contributed by atoms with Crippen LogP contribution in [0.3, 0.4) is 0 Å². The molecule has 2 heterocycles. The lowest BCUT2D eigenvalue weighted by Gasteiger charge is -2.24. The molecule has 27 heavy (non-hydrogen) atoms. The third-order valence-corrected chi connectivity index (χ3v) is 5.63. The molecular weight excluding hydrogens is 340 g/mol. The molecule has 2 aliphatic heterocycles. The molecule has 2 aromatic carbocycles. The van der Waals surface area contributed by atoms with Crippen LogP contribution in [0.25, 0.3) is 0 Å². The molecule has 0 aliphatic carbocycles. The van der Waals surface area contributed by atoms with Gasteiger partial charge in [0.15, 0.2) is 18.0 Å². The minimum absolute atomic E-state index is 0.0673. The molecule has 1 unspecified atom stereocenters. The van der Waals surface area contributed by atoms with Gasteiger partial charge in [-0.15, -0.1) is 0 Å². The maximum atomic E-state index is 12.6. The van der Waals surface area contributed by atoms with Gasteiger partial charge >= 0.3 is 0 Å². The Balaban J connectivity index is 1.43. The van der Waals surface area contributed by atoms with Gasteiger partial charge in [0.1, 0.15) is 19.3 Å². The van der Waals surface area contributed by atoms with E-state index in [9.17, 15) is 4.79 Å². The van der Waals surface area contributed by atoms with Gasteiger partial charge in [0.2, 0.25) is 0 Å². The van der Waals surface area contributed by atoms with E-state index in [2.05, 4.69) is 31.3 Å². The Morgan fingerprint density at radius 3 is 2.70 bits per heavy atom. The largest absolute Gasteiger partial charge is 0.486 e. The van der Waals surface area contributed by atoms with Crippen molar-refractivity contribution in [1.82, 2.24) is 0 Å². The fourth-order valence-electron chi connectivity index (χ4n) is 4.03. The lowest BCUT2D eigenvalue weighted by Crippen LogP contribution is -3.11. The number of ether oxygens (including phenoxy) is 2. The average molecular weight is 367 g/mol. The molecule has 4 rings (SSSR count). The first-order valence-electron chi connectivity index (χ1n) is 9.71. The number of anilines is 1. The summed E-state index contributed by atoms with van der Waals surface area (Å²) in [5.74, 6) is 1.71. The van der Waals surface area contributed by atoms with Crippen molar-refractivity contribution in [2.45, 2.75) is 32.7 Å². The molecule has 5 nitrogen and oxygen atoms in total. The van der Waals surface area contributed by atoms with E-state index in [1.807, 2.05) is 24.3 Å². The van der Waals surface area contributed by atoms with Crippen LogP contribution in [0.15, 0.2) is 36.4 Å². The number of benzene rings is 2. The van der Waals surface area contributed by atoms with Crippen molar-refractivity contribution in [3.63, 3.8) is 0 Å². The predicted molar refractivity (Wildman–Crippen MR) is 105 cm³/mol. The zero-order valence-electron chi connectivity index (χ0n) is 16.0. The van der Waals surface area contributed by atoms with E-state index in [1.54, 1.807) is 0 Å². The smallest absolute Gasteiger partial charge is 0.279 e. The van der Waals surface area contributed by atoms with Crippen LogP contribution >= 0.6 is 0 Å². The SMILES string of the molecule is Cc1ccc(NC(=O)C[NH+]2CCC[C@@H]2c2ccc3c(c2)OCCO3)cc1C. The number of hydrogen-bond donors (Lipinski definition) is 2. The predicted octanol–water partition coefficient (Wildman–Crippen LogP) is 2.43. The maximum absolute atomic E-state index is 12.6. The Morgan fingerprint density at radius 2 is 1.89 bits per heavy atom. The number of aryl methyl sites for hydroxylation is 2. The topological polar surface area (TPSA) is 52.0 Å². The standard InChI is InChI=1S/C22H26N2O3/c1-15-5-7-18(12-16(15)2)23-22(25)14-24-9-3-4-19(24)17-6-8-20-21(13-17)27-11-10-26-20/h5-8,12-13,19H,3-4,9-11,14H2,1-2H3,(H,23,25)/p+1/t19-/m1/s1. The lowest BCUT2D eigenvalue weighted by molar-refractivity contribution is -0.910. The second-order valence-electron chi connectivity index (χ2n) is 7.53. The number of hydrogen-bond acceptors (Lipinski definition) is 3. The van der Waals surface area contributed by atoms with Crippen molar-refractivity contribution < 1.29 is 19.2 Å². The van der Waals surface area contributed by atoms with Crippen LogP contribution in [-0.2, 0) is 4.79 Å². The zero-order chi connectivity index (χ0) is 18.8. The Kier molecular flexibility index (Phi) is 5.03. The second kappa shape index (κ2) is 7.61. The number of quaternary nitrogens is 1. The summed E-state index contributed by atoms with van der Waals surface area (Å²) in [4.78, 5) is 13.9. The van der Waals surface area contributed by atoms with Crippen molar-refractivity contribution in [1.29, 1.82) is 0 Å². The van der Waals surface area contributed by atoms with Crippen LogP contribution in [0.2, 0.25) is 0 Å². The van der Waals surface area contributed by atoms with E-state index in [4.69, 9.17) is 9.47 Å². The number of likely N-dealkylation sites (tertiary alicyclic amines) is 1. The molecule has 1 amide bonds. The molecule has 1 fully saturated rings. The van der Waals surface area contributed by atoms with Gasteiger partial charge < -0.3 is 19.7 Å². The van der Waals surface area contributed by atoms with Gasteiger partial charge in [0.05, 0.1) is 6.54 Å². The minimum atomic E-state index is 0.0673. The summed E-state index contributed by atoms with van der Waals surface area (Å²) >= 11 is 0. The maximum Gasteiger partial charge on any atom is 0.279 e. The van der Waals surface area contributed by atoms with E-state index < -0.39 is 0 Å². The van der Waals surface area contributed by atoms with E-state index in [1.165, 1.54) is 21.6 Å². The molecule has 0 bridgehead atoms. The van der Waals surface area contributed by atoms with Crippen molar-refractivity contribution in [2.24, 2.45) is 0 Å². The van der Waals surface area contributed by atoms with Crippen LogP contribution in [0.4, 0.5) is 5.69 Å². The number of carbonyl (C=O) groups excluding carboxylic acids is 1. The molecule has 2 aliphatic rings. The van der Waals surface area contributed by atoms with E-state index >= 15 is 0 Å². The van der Waals surface area contributed by atoms with Crippen molar-refractivity contribution in [3.8, 4) is 11.5 Å². The first-order valence-corrected chi connectivity index (χ1v) is 9.71. The number of amides is 1. The second-order valence-corrected chi connectivity index (χ2v) is 7.53. The molecule has 0 aromatic heterocycles. The molecule has 0 spiro atoms. The normalized spacial score (nSPS) is 21.1. The first kappa shape index (κ1) is 17.9. The highest BCUT2D eigenvalue weighted by molar-refractivity contribution is 5.91. The number of rotatable bonds is 4. The van der Waals surface area contributed by atoms with Gasteiger partial charge in [-0.2, -0.15) is 0 Å². The molecule has 2 N–H and O–H groups in total. The highest BCUT2D eigenvalue weighted by Crippen LogP contribution is 2.33. The molecule has 142 valence electrons. The van der Waals surface area contributed by atoms with Gasteiger partial charge in [-0.05, 0) is 55.3 Å². The molecule has 2 aromatic rings. The summed E-state index contributed by atoms with van der Waals surface area (Å²) in [7, 11) is 0. The number of fused-ring (bicyclic) bond motifs is 1. The van der Waals surface area contributed by atoms with Crippen LogP contribution in [0.5, 0.6) is 11.5 Å². The Morgan fingerprint density at radius 1 is 1.07 bits per heavy atom. The summed E-state index contributed by atoms with van der Waals surface area (Å²) in [5, 5.41) is 3.05. The van der Waals surface area contributed by atoms with Crippen LogP contribution in [0.1, 0.15) is 35.6 Å². The van der Waals surface area contributed by atoms with Gasteiger partial charge in [0, 0.05) is 24.1 Å². The molecule has 5 heteroatoms. The van der Waals surface area contributed by atoms with E-state index in [0.29, 0.717) is 25.8 Å². The summed E-state index contributed by atoms with van der Waals surface area (Å²) in [6, 6.07) is 12.6. The quantitative estimate of drug-likeness (QED) is 0.873. The highest BCUT2D eigenvalue weighted by Gasteiger charge is 2.32. The summed E-state index contributed by atoms with van der Waals surface area (Å²) < 4.78 is 11.3. The van der Waals surface area contributed by atoms with E-state index in [-0.39, 0.29) is 5.91 Å². The summed E-state index contributed by atoms with van der Waals surface area (Å²) in [6.45, 7) is 6.83. The van der Waals surface area contributed by atoms with Gasteiger partial charge in [-0.25, -0.2) is 0 Å². The lowest BCUT2D eigenvalue weighted by atomic mass is 10.0. The first-order chi connectivity index (χ1) is 13.1. The number of carbonyl (C=O) groups is 1. The molecular formula is C22H27N2O3+. The van der Waals surface area contributed by atoms with Crippen molar-refractivity contribution in [3.05, 3.63) is 53.1 Å². The van der Waals surface area contributed by atoms with Gasteiger partial charge in [0.25, 0.3) is 5.91 Å². The Hall–Kier alpha value is -2.53. The van der Waals surface area contributed by atoms with Crippen LogP contribution in [-0.4, -0.2) is 32.2 Å². The fraction of sp³-hybridized carbons (Fsp3) is 0.409. The van der Waals surface area contributed by atoms with Crippen molar-refractivity contribution in [2.75, 3.05) is 31.6 Å². The third-order valence-electron chi connectivity index (χ3n) is 5.63. The zero-order valence-corrected chi connectivity index (χ0v) is 16.0. The molecule has 0 radical (unpaired) electrons. The Bertz CT molecular complexity index is 849. The van der Waals surface area contributed by atoms with Gasteiger partial charge in [-0.3, -0.25) is 4.79 Å². The van der Waals surface area contributed by atoms with Gasteiger partial charge in [-0.1, -0.05) is 6.07 Å². The summed E-state index contributed by atoms with van der Waals surface area (Å²) in [6.07, 6.45) is 2.22. The molecule has 2 atom stereocenters. The van der Waals surface area contributed by atoms with Crippen LogP contribution in [0, 0.1) is 13.8 Å². The Labute approximate surface area is 160 Å². The average Bonchev–Trinajstić information content (AvgIpc) is 3.12. The van der Waals surface area contributed by atoms with E-state index in [0.717, 1.165) is 36.6 Å². The van der Waals surface area contributed by atoms with Crippen molar-refractivity contribution >= 4 is 11.6 Å².